The molecule has 98 valence electrons. The molecule has 2 nitrogen and oxygen atoms in total. The van der Waals surface area contributed by atoms with E-state index in [1.807, 2.05) is 51.3 Å². The summed E-state index contributed by atoms with van der Waals surface area (Å²) in [5.41, 5.74) is 0. The molecule has 0 bridgehead atoms. The number of thioether (sulfide) groups is 1. The van der Waals surface area contributed by atoms with Crippen molar-refractivity contribution >= 4 is 29.3 Å². The second-order valence-corrected chi connectivity index (χ2v) is 4.06. The summed E-state index contributed by atoms with van der Waals surface area (Å²) in [7, 11) is 0. The first-order valence-corrected chi connectivity index (χ1v) is 7.24. The minimum absolute atomic E-state index is 0.0394. The van der Waals surface area contributed by atoms with Crippen molar-refractivity contribution in [3.63, 3.8) is 0 Å². The minimum atomic E-state index is 0.0394. The molecule has 0 aliphatic heterocycles. The molecule has 0 radical (unpaired) electrons. The van der Waals surface area contributed by atoms with Crippen LogP contribution >= 0.6 is 23.4 Å². The van der Waals surface area contributed by atoms with Gasteiger partial charge >= 0.3 is 0 Å². The number of halogens is 1. The Balaban J connectivity index is 0. The van der Waals surface area contributed by atoms with E-state index in [0.29, 0.717) is 0 Å². The molecule has 1 amide bonds. The third-order valence-electron chi connectivity index (χ3n) is 1.48. The monoisotopic (exact) mass is 275 g/mol. The van der Waals surface area contributed by atoms with E-state index in [9.17, 15) is 4.79 Å². The highest BCUT2D eigenvalue weighted by atomic mass is 35.5. The second-order valence-electron chi connectivity index (χ2n) is 2.74. The molecule has 0 saturated heterocycles. The van der Waals surface area contributed by atoms with Gasteiger partial charge in [-0.2, -0.15) is 0 Å². The van der Waals surface area contributed by atoms with E-state index >= 15 is 0 Å². The highest BCUT2D eigenvalue weighted by Gasteiger charge is 1.86. The van der Waals surface area contributed by atoms with Crippen LogP contribution in [0.2, 0.25) is 5.02 Å². The predicted molar refractivity (Wildman–Crippen MR) is 78.9 cm³/mol. The summed E-state index contributed by atoms with van der Waals surface area (Å²) in [6.07, 6.45) is 2.04. The summed E-state index contributed by atoms with van der Waals surface area (Å²) in [5.74, 6) is 0.0394. The van der Waals surface area contributed by atoms with Crippen LogP contribution in [0.15, 0.2) is 29.2 Å². The first-order valence-electron chi connectivity index (χ1n) is 5.64. The zero-order valence-electron chi connectivity index (χ0n) is 11.2. The minimum Gasteiger partial charge on any atom is -0.357 e. The van der Waals surface area contributed by atoms with Crippen LogP contribution in [0, 0.1) is 0 Å². The first-order chi connectivity index (χ1) is 8.10. The fourth-order valence-electron chi connectivity index (χ4n) is 0.820. The molecule has 0 aliphatic rings. The Kier molecular flexibility index (Phi) is 14.7. The van der Waals surface area contributed by atoms with E-state index in [2.05, 4.69) is 5.32 Å². The van der Waals surface area contributed by atoms with Gasteiger partial charge in [-0.1, -0.05) is 25.4 Å². The quantitative estimate of drug-likeness (QED) is 0.819. The van der Waals surface area contributed by atoms with Crippen LogP contribution in [0.5, 0.6) is 0 Å². The largest absolute Gasteiger partial charge is 0.357 e. The van der Waals surface area contributed by atoms with Crippen LogP contribution in [0.3, 0.4) is 0 Å². The molecule has 17 heavy (non-hydrogen) atoms. The molecule has 1 aromatic carbocycles. The summed E-state index contributed by atoms with van der Waals surface area (Å²) in [6, 6.07) is 7.81. The maximum Gasteiger partial charge on any atom is 0.216 e. The summed E-state index contributed by atoms with van der Waals surface area (Å²) in [5, 5.41) is 3.37. The first kappa shape index (κ1) is 18.7. The van der Waals surface area contributed by atoms with Gasteiger partial charge < -0.3 is 5.32 Å². The van der Waals surface area contributed by atoms with Crippen LogP contribution in [-0.2, 0) is 4.79 Å². The number of rotatable bonds is 2. The van der Waals surface area contributed by atoms with Gasteiger partial charge in [0.2, 0.25) is 5.91 Å². The lowest BCUT2D eigenvalue weighted by Gasteiger charge is -1.92. The van der Waals surface area contributed by atoms with Crippen LogP contribution in [-0.4, -0.2) is 18.7 Å². The number of amides is 1. The fraction of sp³-hybridized carbons (Fsp3) is 0.462. The molecular weight excluding hydrogens is 254 g/mol. The zero-order chi connectivity index (χ0) is 13.7. The SMILES string of the molecule is CC.CCNC(C)=O.CSc1ccc(Cl)cc1. The molecule has 0 unspecified atom stereocenters. The number of hydrogen-bond donors (Lipinski definition) is 1. The van der Waals surface area contributed by atoms with Crippen molar-refractivity contribution in [3.8, 4) is 0 Å². The number of benzene rings is 1. The molecule has 0 heterocycles. The number of carbonyl (C=O) groups is 1. The van der Waals surface area contributed by atoms with Gasteiger partial charge in [-0.15, -0.1) is 11.8 Å². The van der Waals surface area contributed by atoms with Crippen molar-refractivity contribution in [2.45, 2.75) is 32.6 Å². The predicted octanol–water partition coefficient (Wildman–Crippen LogP) is 4.23. The lowest BCUT2D eigenvalue weighted by atomic mass is 10.4. The zero-order valence-corrected chi connectivity index (χ0v) is 12.8. The number of carbonyl (C=O) groups excluding carboxylic acids is 1. The van der Waals surface area contributed by atoms with Crippen molar-refractivity contribution in [1.29, 1.82) is 0 Å². The van der Waals surface area contributed by atoms with E-state index in [-0.39, 0.29) is 5.91 Å². The van der Waals surface area contributed by atoms with E-state index in [4.69, 9.17) is 11.6 Å². The van der Waals surface area contributed by atoms with Gasteiger partial charge in [0.05, 0.1) is 0 Å². The fourth-order valence-corrected chi connectivity index (χ4v) is 1.35. The van der Waals surface area contributed by atoms with Crippen molar-refractivity contribution in [1.82, 2.24) is 5.32 Å². The van der Waals surface area contributed by atoms with E-state index < -0.39 is 0 Å². The van der Waals surface area contributed by atoms with Crippen LogP contribution in [0.25, 0.3) is 0 Å². The van der Waals surface area contributed by atoms with Crippen LogP contribution in [0.1, 0.15) is 27.7 Å². The van der Waals surface area contributed by atoms with Gasteiger partial charge in [-0.3, -0.25) is 4.79 Å². The van der Waals surface area contributed by atoms with Gasteiger partial charge in [0, 0.05) is 23.4 Å². The molecule has 1 aromatic rings. The van der Waals surface area contributed by atoms with E-state index in [1.54, 1.807) is 11.8 Å². The number of hydrogen-bond acceptors (Lipinski definition) is 2. The van der Waals surface area contributed by atoms with Gasteiger partial charge in [0.1, 0.15) is 0 Å². The third-order valence-corrected chi connectivity index (χ3v) is 2.47. The van der Waals surface area contributed by atoms with Crippen molar-refractivity contribution < 1.29 is 4.79 Å². The Morgan fingerprint density at radius 3 is 2.00 bits per heavy atom. The van der Waals surface area contributed by atoms with E-state index in [0.717, 1.165) is 11.6 Å². The third kappa shape index (κ3) is 13.3. The topological polar surface area (TPSA) is 29.1 Å². The summed E-state index contributed by atoms with van der Waals surface area (Å²) in [6.45, 7) is 8.13. The standard InChI is InChI=1S/C7H7ClS.C4H9NO.C2H6/c1-9-7-4-2-6(8)3-5-7;1-3-5-4(2)6;1-2/h2-5H,1H3;3H2,1-2H3,(H,5,6);1-2H3. The normalized spacial score (nSPS) is 8.12. The van der Waals surface area contributed by atoms with E-state index in [1.165, 1.54) is 11.8 Å². The van der Waals surface area contributed by atoms with Gasteiger partial charge in [-0.05, 0) is 37.4 Å². The Labute approximate surface area is 114 Å². The molecule has 0 aromatic heterocycles. The Morgan fingerprint density at radius 2 is 1.76 bits per heavy atom. The molecule has 0 aliphatic carbocycles. The molecule has 1 N–H and O–H groups in total. The lowest BCUT2D eigenvalue weighted by molar-refractivity contribution is -0.118. The summed E-state index contributed by atoms with van der Waals surface area (Å²) in [4.78, 5) is 11.2. The average Bonchev–Trinajstić information content (AvgIpc) is 2.33. The highest BCUT2D eigenvalue weighted by Crippen LogP contribution is 2.16. The van der Waals surface area contributed by atoms with Crippen LogP contribution < -0.4 is 5.32 Å². The second kappa shape index (κ2) is 13.4. The van der Waals surface area contributed by atoms with Gasteiger partial charge in [0.15, 0.2) is 0 Å². The number of nitrogens with one attached hydrogen (secondary N) is 1. The van der Waals surface area contributed by atoms with Crippen molar-refractivity contribution in [3.05, 3.63) is 29.3 Å². The van der Waals surface area contributed by atoms with Crippen molar-refractivity contribution in [2.75, 3.05) is 12.8 Å². The Hall–Kier alpha value is -0.670. The molecule has 0 fully saturated rings. The lowest BCUT2D eigenvalue weighted by Crippen LogP contribution is -2.18. The van der Waals surface area contributed by atoms with Gasteiger partial charge in [0.25, 0.3) is 0 Å². The molecule has 0 spiro atoms. The van der Waals surface area contributed by atoms with Crippen LogP contribution in [0.4, 0.5) is 0 Å². The molecule has 0 atom stereocenters. The maximum absolute atomic E-state index is 9.93. The maximum atomic E-state index is 9.93. The summed E-state index contributed by atoms with van der Waals surface area (Å²) < 4.78 is 0. The molecular formula is C13H22ClNOS. The molecule has 4 heteroatoms. The molecule has 1 rings (SSSR count). The molecule has 0 saturated carbocycles. The summed E-state index contributed by atoms with van der Waals surface area (Å²) >= 11 is 7.38. The van der Waals surface area contributed by atoms with Gasteiger partial charge in [-0.25, -0.2) is 0 Å². The smallest absolute Gasteiger partial charge is 0.216 e. The Morgan fingerprint density at radius 1 is 1.29 bits per heavy atom. The Bertz CT molecular complexity index is 288. The van der Waals surface area contributed by atoms with Crippen molar-refractivity contribution in [2.24, 2.45) is 0 Å². The highest BCUT2D eigenvalue weighted by molar-refractivity contribution is 7.98. The average molecular weight is 276 g/mol.